The van der Waals surface area contributed by atoms with Crippen LogP contribution in [0, 0.1) is 35.5 Å². The lowest BCUT2D eigenvalue weighted by Gasteiger charge is -2.35. The van der Waals surface area contributed by atoms with Crippen molar-refractivity contribution in [2.24, 2.45) is 35.5 Å². The van der Waals surface area contributed by atoms with Gasteiger partial charge in [-0.15, -0.1) is 0 Å². The summed E-state index contributed by atoms with van der Waals surface area (Å²) in [5, 5.41) is 0. The third-order valence-corrected chi connectivity index (χ3v) is 6.49. The van der Waals surface area contributed by atoms with Crippen molar-refractivity contribution in [3.05, 3.63) is 24.3 Å². The predicted octanol–water partition coefficient (Wildman–Crippen LogP) is 1.34. The number of fused-ring (bicyclic) bond motifs is 4. The van der Waals surface area contributed by atoms with Gasteiger partial charge in [0.25, 0.3) is 0 Å². The first-order valence-electron chi connectivity index (χ1n) is 7.79. The fourth-order valence-corrected chi connectivity index (χ4v) is 6.11. The molecule has 0 bridgehead atoms. The quantitative estimate of drug-likeness (QED) is 0.625. The molecule has 106 valence electrons. The standard InChI is InChI=1S/C16H18O4/c1-2-10-13-9(1)15(17-5-6-18-15)11-3-4-12(14(11)13)16(10)19-7-8-20-16/h1-4,9-14H,5-8H2. The fraction of sp³-hybridized carbons (Fsp3) is 0.750. The van der Waals surface area contributed by atoms with Crippen LogP contribution in [0.2, 0.25) is 0 Å². The monoisotopic (exact) mass is 274 g/mol. The third-order valence-electron chi connectivity index (χ3n) is 6.49. The van der Waals surface area contributed by atoms with E-state index in [-0.39, 0.29) is 0 Å². The third kappa shape index (κ3) is 0.907. The molecular weight excluding hydrogens is 256 g/mol. The SMILES string of the molecule is C1=CC2C3C4C(C=CC4C24OCCO4)C2(OCCO2)C13. The van der Waals surface area contributed by atoms with Crippen molar-refractivity contribution in [1.82, 2.24) is 0 Å². The Labute approximate surface area is 117 Å². The van der Waals surface area contributed by atoms with Gasteiger partial charge in [0.1, 0.15) is 0 Å². The smallest absolute Gasteiger partial charge is 0.181 e. The average Bonchev–Trinajstić information content (AvgIpc) is 3.21. The summed E-state index contributed by atoms with van der Waals surface area (Å²) in [6, 6.07) is 0. The van der Waals surface area contributed by atoms with Gasteiger partial charge in [0.05, 0.1) is 26.4 Å². The minimum Gasteiger partial charge on any atom is -0.346 e. The van der Waals surface area contributed by atoms with Crippen molar-refractivity contribution < 1.29 is 18.9 Å². The molecule has 0 amide bonds. The first kappa shape index (κ1) is 11.0. The van der Waals surface area contributed by atoms with E-state index in [9.17, 15) is 0 Å². The molecule has 0 radical (unpaired) electrons. The van der Waals surface area contributed by atoms with Gasteiger partial charge in [-0.25, -0.2) is 0 Å². The minimum atomic E-state index is -0.397. The molecule has 2 saturated heterocycles. The van der Waals surface area contributed by atoms with E-state index in [1.54, 1.807) is 0 Å². The van der Waals surface area contributed by atoms with E-state index in [1.165, 1.54) is 0 Å². The van der Waals surface area contributed by atoms with Crippen LogP contribution in [0.25, 0.3) is 0 Å². The number of hydrogen-bond acceptors (Lipinski definition) is 4. The normalized spacial score (nSPS) is 54.8. The lowest BCUT2D eigenvalue weighted by molar-refractivity contribution is -0.222. The fourth-order valence-electron chi connectivity index (χ4n) is 6.11. The highest BCUT2D eigenvalue weighted by Gasteiger charge is 2.77. The molecule has 4 heteroatoms. The zero-order valence-corrected chi connectivity index (χ0v) is 11.2. The number of rotatable bonds is 0. The summed E-state index contributed by atoms with van der Waals surface area (Å²) in [5.74, 6) is 1.77. The molecular formula is C16H18O4. The Balaban J connectivity index is 1.54. The minimum absolute atomic E-state index is 0.365. The largest absolute Gasteiger partial charge is 0.346 e. The Morgan fingerprint density at radius 2 is 0.850 bits per heavy atom. The van der Waals surface area contributed by atoms with Crippen LogP contribution in [0.15, 0.2) is 24.3 Å². The van der Waals surface area contributed by atoms with E-state index < -0.39 is 11.6 Å². The highest BCUT2D eigenvalue weighted by Crippen LogP contribution is 2.72. The zero-order valence-electron chi connectivity index (χ0n) is 11.2. The Morgan fingerprint density at radius 1 is 0.550 bits per heavy atom. The lowest BCUT2D eigenvalue weighted by Crippen LogP contribution is -2.45. The van der Waals surface area contributed by atoms with Crippen molar-refractivity contribution in [3.63, 3.8) is 0 Å². The van der Waals surface area contributed by atoms with Gasteiger partial charge in [0.2, 0.25) is 0 Å². The molecule has 4 unspecified atom stereocenters. The summed E-state index contributed by atoms with van der Waals surface area (Å²) < 4.78 is 24.6. The summed E-state index contributed by atoms with van der Waals surface area (Å²) in [7, 11) is 0. The maximum Gasteiger partial charge on any atom is 0.181 e. The van der Waals surface area contributed by atoms with Crippen LogP contribution >= 0.6 is 0 Å². The number of hydrogen-bond donors (Lipinski definition) is 0. The second-order valence-electron chi connectivity index (χ2n) is 6.86. The van der Waals surface area contributed by atoms with E-state index in [0.717, 1.165) is 26.4 Å². The van der Waals surface area contributed by atoms with Crippen LogP contribution in [0.3, 0.4) is 0 Å². The molecule has 6 rings (SSSR count). The Bertz CT molecular complexity index is 447. The van der Waals surface area contributed by atoms with Gasteiger partial charge in [-0.1, -0.05) is 24.3 Å². The van der Waals surface area contributed by atoms with E-state index in [1.807, 2.05) is 0 Å². The Morgan fingerprint density at radius 3 is 1.15 bits per heavy atom. The molecule has 2 spiro atoms. The van der Waals surface area contributed by atoms with Crippen LogP contribution in [0.5, 0.6) is 0 Å². The van der Waals surface area contributed by atoms with Gasteiger partial charge in [-0.05, 0) is 11.8 Å². The molecule has 6 aliphatic rings. The molecule has 2 aliphatic heterocycles. The Hall–Kier alpha value is -0.680. The summed E-state index contributed by atoms with van der Waals surface area (Å²) >= 11 is 0. The maximum atomic E-state index is 6.14. The molecule has 0 aromatic heterocycles. The van der Waals surface area contributed by atoms with Crippen LogP contribution in [-0.4, -0.2) is 38.0 Å². The number of ether oxygens (including phenoxy) is 4. The molecule has 0 aromatic carbocycles. The van der Waals surface area contributed by atoms with E-state index in [2.05, 4.69) is 24.3 Å². The topological polar surface area (TPSA) is 36.9 Å². The second-order valence-corrected chi connectivity index (χ2v) is 6.86. The van der Waals surface area contributed by atoms with Crippen molar-refractivity contribution >= 4 is 0 Å². The van der Waals surface area contributed by atoms with E-state index in [4.69, 9.17) is 18.9 Å². The van der Waals surface area contributed by atoms with Crippen molar-refractivity contribution in [2.45, 2.75) is 11.6 Å². The molecule has 2 heterocycles. The average molecular weight is 274 g/mol. The molecule has 0 N–H and O–H groups in total. The van der Waals surface area contributed by atoms with E-state index >= 15 is 0 Å². The first-order valence-corrected chi connectivity index (χ1v) is 7.79. The summed E-state index contributed by atoms with van der Waals surface area (Å²) in [5.41, 5.74) is 0. The highest BCUT2D eigenvalue weighted by atomic mass is 16.7. The van der Waals surface area contributed by atoms with Crippen LogP contribution in [-0.2, 0) is 18.9 Å². The first-order chi connectivity index (χ1) is 9.87. The summed E-state index contributed by atoms with van der Waals surface area (Å²) in [6.07, 6.45) is 9.26. The van der Waals surface area contributed by atoms with Crippen molar-refractivity contribution in [2.75, 3.05) is 26.4 Å². The molecule has 4 atom stereocenters. The van der Waals surface area contributed by atoms with Crippen LogP contribution < -0.4 is 0 Å². The zero-order chi connectivity index (χ0) is 12.9. The lowest BCUT2D eigenvalue weighted by atomic mass is 9.88. The van der Waals surface area contributed by atoms with Crippen LogP contribution in [0.1, 0.15) is 0 Å². The molecule has 4 fully saturated rings. The summed E-state index contributed by atoms with van der Waals surface area (Å²) in [6.45, 7) is 2.90. The molecule has 20 heavy (non-hydrogen) atoms. The van der Waals surface area contributed by atoms with Gasteiger partial charge < -0.3 is 18.9 Å². The van der Waals surface area contributed by atoms with Gasteiger partial charge in [-0.3, -0.25) is 0 Å². The summed E-state index contributed by atoms with van der Waals surface area (Å²) in [4.78, 5) is 0. The molecule has 2 saturated carbocycles. The molecule has 4 aliphatic carbocycles. The highest BCUT2D eigenvalue weighted by molar-refractivity contribution is 5.35. The van der Waals surface area contributed by atoms with Gasteiger partial charge in [-0.2, -0.15) is 0 Å². The second kappa shape index (κ2) is 3.22. The van der Waals surface area contributed by atoms with Gasteiger partial charge >= 0.3 is 0 Å². The predicted molar refractivity (Wildman–Crippen MR) is 68.5 cm³/mol. The van der Waals surface area contributed by atoms with Gasteiger partial charge in [0.15, 0.2) is 11.6 Å². The van der Waals surface area contributed by atoms with Crippen molar-refractivity contribution in [1.29, 1.82) is 0 Å². The molecule has 0 aromatic rings. The molecule has 4 nitrogen and oxygen atoms in total. The van der Waals surface area contributed by atoms with Crippen LogP contribution in [0.4, 0.5) is 0 Å². The maximum absolute atomic E-state index is 6.14. The van der Waals surface area contributed by atoms with Gasteiger partial charge in [0, 0.05) is 23.7 Å². The van der Waals surface area contributed by atoms with E-state index in [0.29, 0.717) is 35.5 Å². The Kier molecular flexibility index (Phi) is 1.76. The van der Waals surface area contributed by atoms with Crippen molar-refractivity contribution in [3.8, 4) is 0 Å².